The first-order valence-electron chi connectivity index (χ1n) is 7.43. The maximum atomic E-state index is 11.8. The van der Waals surface area contributed by atoms with Crippen LogP contribution in [0.2, 0.25) is 0 Å². The van der Waals surface area contributed by atoms with Gasteiger partial charge in [-0.3, -0.25) is 14.9 Å². The van der Waals surface area contributed by atoms with Gasteiger partial charge in [-0.05, 0) is 24.5 Å². The summed E-state index contributed by atoms with van der Waals surface area (Å²) in [5.41, 5.74) is 1.74. The third kappa shape index (κ3) is 4.09. The van der Waals surface area contributed by atoms with Crippen LogP contribution in [0.4, 0.5) is 4.79 Å². The first-order chi connectivity index (χ1) is 11.1. The van der Waals surface area contributed by atoms with Gasteiger partial charge in [-0.25, -0.2) is 4.79 Å². The van der Waals surface area contributed by atoms with Gasteiger partial charge in [0.2, 0.25) is 0 Å². The van der Waals surface area contributed by atoms with E-state index in [1.54, 1.807) is 6.20 Å². The Morgan fingerprint density at radius 2 is 2.00 bits per heavy atom. The van der Waals surface area contributed by atoms with Gasteiger partial charge < -0.3 is 15.0 Å². The Balaban J connectivity index is 1.45. The van der Waals surface area contributed by atoms with Crippen LogP contribution < -0.4 is 10.6 Å². The number of para-hydroxylation sites is 1. The third-order valence-electron chi connectivity index (χ3n) is 3.54. The molecule has 1 aromatic heterocycles. The van der Waals surface area contributed by atoms with E-state index in [0.29, 0.717) is 0 Å². The molecular formula is C16H17N3O4. The van der Waals surface area contributed by atoms with Crippen molar-refractivity contribution in [2.75, 3.05) is 6.61 Å². The number of aromatic nitrogens is 1. The Morgan fingerprint density at radius 3 is 2.78 bits per heavy atom. The lowest BCUT2D eigenvalue weighted by Gasteiger charge is -2.06. The van der Waals surface area contributed by atoms with E-state index >= 15 is 0 Å². The van der Waals surface area contributed by atoms with E-state index < -0.39 is 24.5 Å². The molecule has 1 heterocycles. The van der Waals surface area contributed by atoms with E-state index in [2.05, 4.69) is 15.6 Å². The Bertz CT molecular complexity index is 749. The van der Waals surface area contributed by atoms with Crippen LogP contribution in [0.1, 0.15) is 18.4 Å². The minimum atomic E-state index is -0.643. The van der Waals surface area contributed by atoms with Crippen LogP contribution in [0.15, 0.2) is 30.5 Å². The second-order valence-electron chi connectivity index (χ2n) is 5.49. The number of rotatable bonds is 5. The molecule has 0 bridgehead atoms. The molecule has 3 amide bonds. The van der Waals surface area contributed by atoms with Gasteiger partial charge in [0, 0.05) is 23.1 Å². The molecule has 7 nitrogen and oxygen atoms in total. The van der Waals surface area contributed by atoms with Gasteiger partial charge in [-0.1, -0.05) is 18.2 Å². The van der Waals surface area contributed by atoms with Crippen LogP contribution >= 0.6 is 0 Å². The molecule has 1 fully saturated rings. The lowest BCUT2D eigenvalue weighted by molar-refractivity contribution is -0.147. The molecule has 0 unspecified atom stereocenters. The molecule has 7 heteroatoms. The summed E-state index contributed by atoms with van der Waals surface area (Å²) >= 11 is 0. The van der Waals surface area contributed by atoms with Crippen molar-refractivity contribution in [1.82, 2.24) is 15.6 Å². The van der Waals surface area contributed by atoms with Crippen molar-refractivity contribution in [3.63, 3.8) is 0 Å². The second-order valence-corrected chi connectivity index (χ2v) is 5.49. The van der Waals surface area contributed by atoms with Gasteiger partial charge in [0.1, 0.15) is 0 Å². The maximum Gasteiger partial charge on any atom is 0.321 e. The second kappa shape index (κ2) is 6.51. The summed E-state index contributed by atoms with van der Waals surface area (Å²) in [6.07, 6.45) is 3.67. The average molecular weight is 315 g/mol. The fourth-order valence-electron chi connectivity index (χ4n) is 2.24. The summed E-state index contributed by atoms with van der Waals surface area (Å²) in [4.78, 5) is 37.8. The lowest BCUT2D eigenvalue weighted by atomic mass is 10.1. The zero-order valence-corrected chi connectivity index (χ0v) is 12.4. The molecule has 1 saturated carbocycles. The largest absolute Gasteiger partial charge is 0.455 e. The normalized spacial score (nSPS) is 13.6. The Labute approximate surface area is 132 Å². The quantitative estimate of drug-likeness (QED) is 0.723. The Kier molecular flexibility index (Phi) is 4.27. The molecule has 1 aromatic carbocycles. The van der Waals surface area contributed by atoms with E-state index in [-0.39, 0.29) is 12.5 Å². The van der Waals surface area contributed by atoms with E-state index in [1.165, 1.54) is 0 Å². The number of hydrogen-bond acceptors (Lipinski definition) is 4. The first kappa shape index (κ1) is 15.1. The van der Waals surface area contributed by atoms with Gasteiger partial charge >= 0.3 is 12.0 Å². The molecule has 1 aliphatic rings. The maximum absolute atomic E-state index is 11.8. The van der Waals surface area contributed by atoms with Gasteiger partial charge in [0.25, 0.3) is 5.91 Å². The number of carbonyl (C=O) groups is 3. The highest BCUT2D eigenvalue weighted by Crippen LogP contribution is 2.18. The number of carbonyl (C=O) groups excluding carboxylic acids is 3. The summed E-state index contributed by atoms with van der Waals surface area (Å²) in [5, 5.41) is 5.68. The summed E-state index contributed by atoms with van der Waals surface area (Å²) in [5.74, 6) is -1.16. The lowest BCUT2D eigenvalue weighted by Crippen LogP contribution is -2.42. The van der Waals surface area contributed by atoms with Crippen molar-refractivity contribution < 1.29 is 19.1 Å². The third-order valence-corrected chi connectivity index (χ3v) is 3.54. The van der Waals surface area contributed by atoms with Gasteiger partial charge in [-0.15, -0.1) is 0 Å². The standard InChI is InChI=1S/C16H17N3O4/c20-14(19-16(22)18-11-5-6-11)9-23-15(21)7-10-8-17-13-4-2-1-3-12(10)13/h1-4,8,11,17H,5-7,9H2,(H2,18,19,20,22). The highest BCUT2D eigenvalue weighted by atomic mass is 16.5. The molecule has 0 radical (unpaired) electrons. The van der Waals surface area contributed by atoms with Crippen LogP contribution in [0.5, 0.6) is 0 Å². The molecule has 0 spiro atoms. The van der Waals surface area contributed by atoms with Crippen LogP contribution in [0, 0.1) is 0 Å². The first-order valence-corrected chi connectivity index (χ1v) is 7.43. The summed E-state index contributed by atoms with van der Waals surface area (Å²) in [6.45, 7) is -0.473. The van der Waals surface area contributed by atoms with E-state index in [1.807, 2.05) is 24.3 Å². The molecule has 0 atom stereocenters. The molecule has 0 saturated heterocycles. The van der Waals surface area contributed by atoms with Crippen molar-refractivity contribution in [2.45, 2.75) is 25.3 Å². The predicted octanol–water partition coefficient (Wildman–Crippen LogP) is 1.24. The molecule has 120 valence electrons. The molecule has 3 rings (SSSR count). The zero-order valence-electron chi connectivity index (χ0n) is 12.4. The number of esters is 1. The molecule has 0 aliphatic heterocycles. The molecule has 2 aromatic rings. The van der Waals surface area contributed by atoms with E-state index in [4.69, 9.17) is 4.74 Å². The van der Waals surface area contributed by atoms with Gasteiger partial charge in [0.15, 0.2) is 6.61 Å². The van der Waals surface area contributed by atoms with Crippen LogP contribution in [0.25, 0.3) is 10.9 Å². The Morgan fingerprint density at radius 1 is 1.22 bits per heavy atom. The number of hydrogen-bond donors (Lipinski definition) is 3. The molecule has 3 N–H and O–H groups in total. The highest BCUT2D eigenvalue weighted by molar-refractivity contribution is 5.96. The smallest absolute Gasteiger partial charge is 0.321 e. The van der Waals surface area contributed by atoms with E-state index in [9.17, 15) is 14.4 Å². The number of aromatic amines is 1. The number of nitrogens with one attached hydrogen (secondary N) is 3. The van der Waals surface area contributed by atoms with Crippen molar-refractivity contribution in [1.29, 1.82) is 0 Å². The van der Waals surface area contributed by atoms with Crippen molar-refractivity contribution >= 4 is 28.8 Å². The molecule has 1 aliphatic carbocycles. The topological polar surface area (TPSA) is 100 Å². The summed E-state index contributed by atoms with van der Waals surface area (Å²) in [6, 6.07) is 7.21. The fourth-order valence-corrected chi connectivity index (χ4v) is 2.24. The number of amides is 3. The van der Waals surface area contributed by atoms with Gasteiger partial charge in [0.05, 0.1) is 6.42 Å². The summed E-state index contributed by atoms with van der Waals surface area (Å²) in [7, 11) is 0. The van der Waals surface area contributed by atoms with Gasteiger partial charge in [-0.2, -0.15) is 0 Å². The van der Waals surface area contributed by atoms with Crippen LogP contribution in [-0.2, 0) is 20.7 Å². The number of ether oxygens (including phenoxy) is 1. The number of urea groups is 1. The van der Waals surface area contributed by atoms with Crippen molar-refractivity contribution in [3.05, 3.63) is 36.0 Å². The van der Waals surface area contributed by atoms with Crippen molar-refractivity contribution in [2.24, 2.45) is 0 Å². The minimum absolute atomic E-state index is 0.0611. The SMILES string of the molecule is O=C(COC(=O)Cc1c[nH]c2ccccc12)NC(=O)NC1CC1. The molecule has 23 heavy (non-hydrogen) atoms. The van der Waals surface area contributed by atoms with E-state index in [0.717, 1.165) is 29.3 Å². The molecular weight excluding hydrogens is 298 g/mol. The number of fused-ring (bicyclic) bond motifs is 1. The highest BCUT2D eigenvalue weighted by Gasteiger charge is 2.24. The average Bonchev–Trinajstić information content (AvgIpc) is 3.25. The predicted molar refractivity (Wildman–Crippen MR) is 82.7 cm³/mol. The van der Waals surface area contributed by atoms with Crippen LogP contribution in [-0.4, -0.2) is 35.5 Å². The zero-order chi connectivity index (χ0) is 16.2. The minimum Gasteiger partial charge on any atom is -0.455 e. The fraction of sp³-hybridized carbons (Fsp3) is 0.312. The Hall–Kier alpha value is -2.83. The number of imide groups is 1. The monoisotopic (exact) mass is 315 g/mol. The number of H-pyrrole nitrogens is 1. The van der Waals surface area contributed by atoms with Crippen molar-refractivity contribution in [3.8, 4) is 0 Å². The summed E-state index contributed by atoms with van der Waals surface area (Å²) < 4.78 is 4.90. The number of benzene rings is 1. The van der Waals surface area contributed by atoms with Crippen LogP contribution in [0.3, 0.4) is 0 Å².